The molecule has 0 fully saturated rings. The summed E-state index contributed by atoms with van der Waals surface area (Å²) in [6.45, 7) is -0.283. The van der Waals surface area contributed by atoms with E-state index in [-0.39, 0.29) is 29.2 Å². The van der Waals surface area contributed by atoms with Gasteiger partial charge < -0.3 is 20.4 Å². The SMILES string of the molecule is O=C(O)c1cccc(C(O)C(O)CCO)c1Cl. The van der Waals surface area contributed by atoms with Crippen molar-refractivity contribution in [3.05, 3.63) is 34.3 Å². The molecule has 6 heteroatoms. The van der Waals surface area contributed by atoms with Crippen LogP contribution in [-0.2, 0) is 0 Å². The Kier molecular flexibility index (Phi) is 4.89. The number of aliphatic hydroxyl groups excluding tert-OH is 3. The summed E-state index contributed by atoms with van der Waals surface area (Å²) < 4.78 is 0. The highest BCUT2D eigenvalue weighted by Crippen LogP contribution is 2.29. The Balaban J connectivity index is 3.06. The number of benzene rings is 1. The standard InChI is InChI=1S/C11H13ClO5/c12-9-6(10(15)8(14)4-5-13)2-1-3-7(9)11(16)17/h1-3,8,10,13-15H,4-5H2,(H,16,17). The number of halogens is 1. The molecular weight excluding hydrogens is 248 g/mol. The second-order valence-corrected chi connectivity index (χ2v) is 3.92. The van der Waals surface area contributed by atoms with Gasteiger partial charge in [0.2, 0.25) is 0 Å². The molecule has 0 aliphatic heterocycles. The molecule has 1 aromatic rings. The molecule has 2 unspecified atom stereocenters. The van der Waals surface area contributed by atoms with Gasteiger partial charge in [0.1, 0.15) is 6.10 Å². The van der Waals surface area contributed by atoms with Gasteiger partial charge in [-0.2, -0.15) is 0 Å². The molecule has 0 heterocycles. The number of carboxylic acid groups (broad SMARTS) is 1. The predicted octanol–water partition coefficient (Wildman–Crippen LogP) is 0.815. The topological polar surface area (TPSA) is 98.0 Å². The minimum atomic E-state index is -1.33. The molecule has 0 spiro atoms. The maximum atomic E-state index is 10.8. The molecule has 0 saturated heterocycles. The number of carbonyl (C=O) groups is 1. The van der Waals surface area contributed by atoms with Crippen molar-refractivity contribution < 1.29 is 25.2 Å². The first-order valence-corrected chi connectivity index (χ1v) is 5.35. The van der Waals surface area contributed by atoms with Gasteiger partial charge in [0, 0.05) is 12.2 Å². The third-order valence-corrected chi connectivity index (χ3v) is 2.79. The second-order valence-electron chi connectivity index (χ2n) is 3.54. The maximum absolute atomic E-state index is 10.8. The molecule has 94 valence electrons. The summed E-state index contributed by atoms with van der Waals surface area (Å²) in [5.74, 6) is -1.21. The lowest BCUT2D eigenvalue weighted by Gasteiger charge is -2.19. The fourth-order valence-electron chi connectivity index (χ4n) is 1.44. The van der Waals surface area contributed by atoms with Crippen LogP contribution in [0.15, 0.2) is 18.2 Å². The molecule has 1 aromatic carbocycles. The van der Waals surface area contributed by atoms with Gasteiger partial charge in [0.05, 0.1) is 16.7 Å². The van der Waals surface area contributed by atoms with E-state index in [2.05, 4.69) is 0 Å². The van der Waals surface area contributed by atoms with Crippen molar-refractivity contribution in [2.45, 2.75) is 18.6 Å². The Morgan fingerprint density at radius 2 is 2.00 bits per heavy atom. The van der Waals surface area contributed by atoms with Gasteiger partial charge in [-0.1, -0.05) is 23.7 Å². The van der Waals surface area contributed by atoms with E-state index in [1.54, 1.807) is 0 Å². The van der Waals surface area contributed by atoms with Gasteiger partial charge >= 0.3 is 5.97 Å². The zero-order valence-corrected chi connectivity index (χ0v) is 9.63. The average Bonchev–Trinajstić information content (AvgIpc) is 2.28. The number of hydrogen-bond donors (Lipinski definition) is 4. The first-order valence-electron chi connectivity index (χ1n) is 4.97. The third-order valence-electron chi connectivity index (χ3n) is 2.37. The molecule has 5 nitrogen and oxygen atoms in total. The van der Waals surface area contributed by atoms with E-state index in [0.29, 0.717) is 0 Å². The molecule has 0 aromatic heterocycles. The maximum Gasteiger partial charge on any atom is 0.337 e. The Hall–Kier alpha value is -1.14. The Morgan fingerprint density at radius 3 is 2.53 bits per heavy atom. The lowest BCUT2D eigenvalue weighted by molar-refractivity contribution is 0.00420. The van der Waals surface area contributed by atoms with E-state index in [1.807, 2.05) is 0 Å². The fourth-order valence-corrected chi connectivity index (χ4v) is 1.76. The molecule has 1 rings (SSSR count). The molecule has 0 amide bonds. The predicted molar refractivity (Wildman–Crippen MR) is 61.1 cm³/mol. The number of rotatable bonds is 5. The first-order chi connectivity index (χ1) is 7.99. The van der Waals surface area contributed by atoms with Crippen LogP contribution in [0.25, 0.3) is 0 Å². The van der Waals surface area contributed by atoms with Crippen LogP contribution >= 0.6 is 11.6 Å². The van der Waals surface area contributed by atoms with Crippen LogP contribution in [0.5, 0.6) is 0 Å². The van der Waals surface area contributed by atoms with Crippen LogP contribution in [0.1, 0.15) is 28.4 Å². The number of aromatic carboxylic acids is 1. The highest BCUT2D eigenvalue weighted by Gasteiger charge is 2.23. The molecular formula is C11H13ClO5. The van der Waals surface area contributed by atoms with Gasteiger partial charge in [0.15, 0.2) is 0 Å². The van der Waals surface area contributed by atoms with E-state index in [9.17, 15) is 15.0 Å². The molecule has 0 saturated carbocycles. The van der Waals surface area contributed by atoms with Crippen LogP contribution in [0.4, 0.5) is 0 Å². The van der Waals surface area contributed by atoms with Gasteiger partial charge in [-0.3, -0.25) is 0 Å². The number of carboxylic acids is 1. The lowest BCUT2D eigenvalue weighted by Crippen LogP contribution is -2.20. The van der Waals surface area contributed by atoms with Crippen LogP contribution in [0.2, 0.25) is 5.02 Å². The zero-order valence-electron chi connectivity index (χ0n) is 8.88. The van der Waals surface area contributed by atoms with Crippen molar-refractivity contribution >= 4 is 17.6 Å². The Labute approximate surface area is 103 Å². The van der Waals surface area contributed by atoms with Gasteiger partial charge in [-0.15, -0.1) is 0 Å². The third kappa shape index (κ3) is 3.17. The van der Waals surface area contributed by atoms with Crippen molar-refractivity contribution in [3.8, 4) is 0 Å². The number of hydrogen-bond acceptors (Lipinski definition) is 4. The fraction of sp³-hybridized carbons (Fsp3) is 0.364. The summed E-state index contributed by atoms with van der Waals surface area (Å²) in [7, 11) is 0. The molecule has 4 N–H and O–H groups in total. The van der Waals surface area contributed by atoms with Gasteiger partial charge in [-0.25, -0.2) is 4.79 Å². The quantitative estimate of drug-likeness (QED) is 0.628. The summed E-state index contributed by atoms with van der Waals surface area (Å²) in [5, 5.41) is 36.7. The normalized spacial score (nSPS) is 14.4. The van der Waals surface area contributed by atoms with Crippen molar-refractivity contribution in [2.75, 3.05) is 6.61 Å². The molecule has 2 atom stereocenters. The van der Waals surface area contributed by atoms with Crippen molar-refractivity contribution in [1.29, 1.82) is 0 Å². The molecule has 0 radical (unpaired) electrons. The second kappa shape index (κ2) is 5.97. The summed E-state index contributed by atoms with van der Waals surface area (Å²) in [6, 6.07) is 4.17. The summed E-state index contributed by atoms with van der Waals surface area (Å²) in [4.78, 5) is 10.8. The summed E-state index contributed by atoms with van der Waals surface area (Å²) in [5.41, 5.74) is -0.00747. The zero-order chi connectivity index (χ0) is 13.0. The van der Waals surface area contributed by atoms with Crippen LogP contribution in [-0.4, -0.2) is 39.1 Å². The highest BCUT2D eigenvalue weighted by molar-refractivity contribution is 6.34. The van der Waals surface area contributed by atoms with E-state index >= 15 is 0 Å². The molecule has 0 aliphatic rings. The summed E-state index contributed by atoms with van der Waals surface area (Å²) >= 11 is 5.83. The molecule has 17 heavy (non-hydrogen) atoms. The highest BCUT2D eigenvalue weighted by atomic mass is 35.5. The van der Waals surface area contributed by atoms with Crippen LogP contribution in [0, 0.1) is 0 Å². The van der Waals surface area contributed by atoms with Crippen molar-refractivity contribution in [1.82, 2.24) is 0 Å². The van der Waals surface area contributed by atoms with Gasteiger partial charge in [0.25, 0.3) is 0 Å². The van der Waals surface area contributed by atoms with Crippen LogP contribution in [0.3, 0.4) is 0 Å². The van der Waals surface area contributed by atoms with E-state index in [4.69, 9.17) is 21.8 Å². The lowest BCUT2D eigenvalue weighted by atomic mass is 10.00. The van der Waals surface area contributed by atoms with Crippen LogP contribution < -0.4 is 0 Å². The van der Waals surface area contributed by atoms with Gasteiger partial charge in [-0.05, 0) is 12.5 Å². The van der Waals surface area contributed by atoms with E-state index in [1.165, 1.54) is 18.2 Å². The average molecular weight is 261 g/mol. The largest absolute Gasteiger partial charge is 0.478 e. The summed E-state index contributed by atoms with van der Waals surface area (Å²) in [6.07, 6.45) is -2.54. The monoisotopic (exact) mass is 260 g/mol. The van der Waals surface area contributed by atoms with E-state index in [0.717, 1.165) is 0 Å². The minimum absolute atomic E-state index is 0.0191. The Bertz CT molecular complexity index is 407. The Morgan fingerprint density at radius 1 is 1.35 bits per heavy atom. The van der Waals surface area contributed by atoms with Crippen molar-refractivity contribution in [3.63, 3.8) is 0 Å². The smallest absolute Gasteiger partial charge is 0.337 e. The minimum Gasteiger partial charge on any atom is -0.478 e. The van der Waals surface area contributed by atoms with Crippen molar-refractivity contribution in [2.24, 2.45) is 0 Å². The van der Waals surface area contributed by atoms with E-state index < -0.39 is 18.2 Å². The molecule has 0 aliphatic carbocycles. The first kappa shape index (κ1) is 13.9. The molecule has 0 bridgehead atoms. The number of aliphatic hydroxyl groups is 3.